The molecule has 1 aliphatic rings. The van der Waals surface area contributed by atoms with E-state index in [1.54, 1.807) is 13.1 Å². The van der Waals surface area contributed by atoms with Crippen LogP contribution in [0.25, 0.3) is 0 Å². The van der Waals surface area contributed by atoms with Gasteiger partial charge in [0.2, 0.25) is 5.91 Å². The molecular weight excluding hydrogens is 410 g/mol. The lowest BCUT2D eigenvalue weighted by molar-refractivity contribution is -0.122. The summed E-state index contributed by atoms with van der Waals surface area (Å²) in [4.78, 5) is 17.6. The molecule has 5 nitrogen and oxygen atoms in total. The Morgan fingerprint density at radius 1 is 1.35 bits per heavy atom. The lowest BCUT2D eigenvalue weighted by atomic mass is 10.2. The first-order chi connectivity index (χ1) is 10.6. The topological polar surface area (TPSA) is 56.7 Å². The van der Waals surface area contributed by atoms with Crippen LogP contribution < -0.4 is 10.6 Å². The molecule has 0 heterocycles. The molecule has 0 spiro atoms. The first-order valence-electron chi connectivity index (χ1n) is 7.54. The molecule has 0 saturated heterocycles. The summed E-state index contributed by atoms with van der Waals surface area (Å²) >= 11 is 0. The van der Waals surface area contributed by atoms with Gasteiger partial charge in [-0.15, -0.1) is 24.0 Å². The van der Waals surface area contributed by atoms with Crippen molar-refractivity contribution in [1.29, 1.82) is 0 Å². The van der Waals surface area contributed by atoms with Crippen molar-refractivity contribution in [2.75, 3.05) is 27.2 Å². The van der Waals surface area contributed by atoms with E-state index >= 15 is 0 Å². The number of carbonyl (C=O) groups excluding carboxylic acids is 1. The number of amides is 1. The zero-order valence-electron chi connectivity index (χ0n) is 13.5. The van der Waals surface area contributed by atoms with Crippen LogP contribution in [0, 0.1) is 11.7 Å². The standard InChI is InChI=1S/C16H23FN4O.HI/c1-18-16(20-9-8-19-15(22)13-6-7-13)21(2)11-12-4-3-5-14(17)10-12;/h3-5,10,13H,6-9,11H2,1-2H3,(H,18,20)(H,19,22);1H. The molecule has 1 saturated carbocycles. The van der Waals surface area contributed by atoms with Gasteiger partial charge in [-0.05, 0) is 30.5 Å². The highest BCUT2D eigenvalue weighted by molar-refractivity contribution is 14.0. The molecule has 128 valence electrons. The summed E-state index contributed by atoms with van der Waals surface area (Å²) in [6.07, 6.45) is 2.02. The normalized spacial score (nSPS) is 14.0. The van der Waals surface area contributed by atoms with Crippen molar-refractivity contribution in [2.45, 2.75) is 19.4 Å². The third-order valence-corrected chi connectivity index (χ3v) is 3.54. The van der Waals surface area contributed by atoms with Gasteiger partial charge in [-0.1, -0.05) is 12.1 Å². The number of guanidine groups is 1. The van der Waals surface area contributed by atoms with Gasteiger partial charge in [-0.3, -0.25) is 9.79 Å². The van der Waals surface area contributed by atoms with E-state index in [4.69, 9.17) is 0 Å². The predicted molar refractivity (Wildman–Crippen MR) is 100 cm³/mol. The van der Waals surface area contributed by atoms with Crippen molar-refractivity contribution in [3.63, 3.8) is 0 Å². The van der Waals surface area contributed by atoms with E-state index in [0.717, 1.165) is 18.4 Å². The van der Waals surface area contributed by atoms with Crippen LogP contribution in [0.5, 0.6) is 0 Å². The average molecular weight is 434 g/mol. The number of nitrogens with zero attached hydrogens (tertiary/aromatic N) is 2. The molecule has 1 aromatic rings. The van der Waals surface area contributed by atoms with Gasteiger partial charge >= 0.3 is 0 Å². The molecule has 1 amide bonds. The van der Waals surface area contributed by atoms with Crippen LogP contribution in [0.15, 0.2) is 29.3 Å². The molecule has 2 rings (SSSR count). The third kappa shape index (κ3) is 6.72. The molecule has 0 bridgehead atoms. The molecule has 0 unspecified atom stereocenters. The lowest BCUT2D eigenvalue weighted by Crippen LogP contribution is -2.42. The first kappa shape index (κ1) is 19.7. The predicted octanol–water partition coefficient (Wildman–Crippen LogP) is 1.98. The second kappa shape index (κ2) is 9.69. The Hall–Kier alpha value is -1.38. The van der Waals surface area contributed by atoms with E-state index in [-0.39, 0.29) is 41.6 Å². The smallest absolute Gasteiger partial charge is 0.223 e. The summed E-state index contributed by atoms with van der Waals surface area (Å²) in [7, 11) is 3.59. The number of nitrogens with one attached hydrogen (secondary N) is 2. The number of hydrogen-bond acceptors (Lipinski definition) is 2. The minimum atomic E-state index is -0.239. The van der Waals surface area contributed by atoms with Crippen molar-refractivity contribution in [1.82, 2.24) is 15.5 Å². The van der Waals surface area contributed by atoms with Crippen LogP contribution in [-0.4, -0.2) is 44.0 Å². The number of halogens is 2. The fraction of sp³-hybridized carbons (Fsp3) is 0.500. The van der Waals surface area contributed by atoms with Crippen molar-refractivity contribution < 1.29 is 9.18 Å². The summed E-state index contributed by atoms with van der Waals surface area (Å²) in [5.41, 5.74) is 0.882. The van der Waals surface area contributed by atoms with Crippen molar-refractivity contribution in [3.05, 3.63) is 35.6 Å². The van der Waals surface area contributed by atoms with E-state index in [0.29, 0.717) is 25.6 Å². The van der Waals surface area contributed by atoms with Crippen LogP contribution in [0.4, 0.5) is 4.39 Å². The highest BCUT2D eigenvalue weighted by atomic mass is 127. The minimum Gasteiger partial charge on any atom is -0.354 e. The van der Waals surface area contributed by atoms with E-state index in [9.17, 15) is 9.18 Å². The SMILES string of the molecule is CN=C(NCCNC(=O)C1CC1)N(C)Cc1cccc(F)c1.I. The Morgan fingerprint density at radius 2 is 2.04 bits per heavy atom. The maximum atomic E-state index is 13.2. The molecule has 0 aromatic heterocycles. The minimum absolute atomic E-state index is 0. The molecule has 23 heavy (non-hydrogen) atoms. The van der Waals surface area contributed by atoms with E-state index < -0.39 is 0 Å². The fourth-order valence-corrected chi connectivity index (χ4v) is 2.22. The molecule has 0 atom stereocenters. The van der Waals surface area contributed by atoms with E-state index in [1.165, 1.54) is 12.1 Å². The lowest BCUT2D eigenvalue weighted by Gasteiger charge is -2.22. The maximum Gasteiger partial charge on any atom is 0.223 e. The van der Waals surface area contributed by atoms with Gasteiger partial charge in [-0.25, -0.2) is 4.39 Å². The van der Waals surface area contributed by atoms with Crippen LogP contribution in [0.2, 0.25) is 0 Å². The van der Waals surface area contributed by atoms with Crippen LogP contribution in [-0.2, 0) is 11.3 Å². The third-order valence-electron chi connectivity index (χ3n) is 3.54. The van der Waals surface area contributed by atoms with E-state index in [1.807, 2.05) is 18.0 Å². The monoisotopic (exact) mass is 434 g/mol. The number of benzene rings is 1. The van der Waals surface area contributed by atoms with Gasteiger partial charge in [0.05, 0.1) is 0 Å². The van der Waals surface area contributed by atoms with Crippen molar-refractivity contribution in [2.24, 2.45) is 10.9 Å². The molecule has 1 aromatic carbocycles. The average Bonchev–Trinajstić information content (AvgIpc) is 3.31. The molecule has 0 aliphatic heterocycles. The number of rotatable bonds is 6. The Bertz CT molecular complexity index is 549. The highest BCUT2D eigenvalue weighted by Gasteiger charge is 2.28. The van der Waals surface area contributed by atoms with Crippen molar-refractivity contribution >= 4 is 35.8 Å². The fourth-order valence-electron chi connectivity index (χ4n) is 2.22. The number of aliphatic imine (C=N–C) groups is 1. The van der Waals surface area contributed by atoms with Crippen LogP contribution >= 0.6 is 24.0 Å². The van der Waals surface area contributed by atoms with Gasteiger partial charge in [0.25, 0.3) is 0 Å². The van der Waals surface area contributed by atoms with Crippen LogP contribution in [0.3, 0.4) is 0 Å². The zero-order valence-corrected chi connectivity index (χ0v) is 15.8. The van der Waals surface area contributed by atoms with Gasteiger partial charge in [0, 0.05) is 39.6 Å². The molecule has 1 aliphatic carbocycles. The van der Waals surface area contributed by atoms with Gasteiger partial charge in [0.1, 0.15) is 5.82 Å². The maximum absolute atomic E-state index is 13.2. The van der Waals surface area contributed by atoms with Gasteiger partial charge in [0.15, 0.2) is 5.96 Å². The van der Waals surface area contributed by atoms with Gasteiger partial charge < -0.3 is 15.5 Å². The van der Waals surface area contributed by atoms with Crippen molar-refractivity contribution in [3.8, 4) is 0 Å². The second-order valence-corrected chi connectivity index (χ2v) is 5.53. The Kier molecular flexibility index (Phi) is 8.29. The quantitative estimate of drug-likeness (QED) is 0.312. The zero-order chi connectivity index (χ0) is 15.9. The number of carbonyl (C=O) groups is 1. The Morgan fingerprint density at radius 3 is 2.65 bits per heavy atom. The second-order valence-electron chi connectivity index (χ2n) is 5.53. The largest absolute Gasteiger partial charge is 0.354 e. The van der Waals surface area contributed by atoms with Gasteiger partial charge in [-0.2, -0.15) is 0 Å². The highest BCUT2D eigenvalue weighted by Crippen LogP contribution is 2.28. The summed E-state index contributed by atoms with van der Waals surface area (Å²) in [5, 5.41) is 6.08. The Labute approximate surface area is 153 Å². The molecule has 7 heteroatoms. The van der Waals surface area contributed by atoms with Crippen LogP contribution in [0.1, 0.15) is 18.4 Å². The molecular formula is C16H24FIN4O. The summed E-state index contributed by atoms with van der Waals surface area (Å²) < 4.78 is 13.2. The molecule has 1 fully saturated rings. The summed E-state index contributed by atoms with van der Waals surface area (Å²) in [6.45, 7) is 1.74. The summed E-state index contributed by atoms with van der Waals surface area (Å²) in [6, 6.07) is 6.52. The molecule has 0 radical (unpaired) electrons. The number of hydrogen-bond donors (Lipinski definition) is 2. The van der Waals surface area contributed by atoms with E-state index in [2.05, 4.69) is 15.6 Å². The Balaban J connectivity index is 0.00000264. The first-order valence-corrected chi connectivity index (χ1v) is 7.54. The summed E-state index contributed by atoms with van der Waals surface area (Å²) in [5.74, 6) is 0.849. The molecule has 2 N–H and O–H groups in total.